The highest BCUT2D eigenvalue weighted by atomic mass is 32.1. The smallest absolute Gasteiger partial charge is 0.335 e. The maximum atomic E-state index is 12.0. The molecule has 0 fully saturated rings. The lowest BCUT2D eigenvalue weighted by Crippen LogP contribution is -2.22. The van der Waals surface area contributed by atoms with E-state index < -0.39 is 6.04 Å². The number of nitrogens with one attached hydrogen (secondary N) is 1. The van der Waals surface area contributed by atoms with Crippen LogP contribution in [0.5, 0.6) is 5.75 Å². The number of rotatable bonds is 5. The Morgan fingerprint density at radius 2 is 2.10 bits per heavy atom. The summed E-state index contributed by atoms with van der Waals surface area (Å²) in [6.07, 6.45) is 0. The molecule has 0 aliphatic rings. The van der Waals surface area contributed by atoms with Gasteiger partial charge in [-0.2, -0.15) is 0 Å². The molecule has 0 aliphatic heterocycles. The number of methoxy groups -OCH3 is 2. The molecule has 0 aliphatic carbocycles. The normalized spacial score (nSPS) is 11.8. The van der Waals surface area contributed by atoms with Gasteiger partial charge in [0, 0.05) is 11.1 Å². The van der Waals surface area contributed by atoms with E-state index in [-0.39, 0.29) is 5.97 Å². The summed E-state index contributed by atoms with van der Waals surface area (Å²) in [4.78, 5) is 16.3. The van der Waals surface area contributed by atoms with Crippen LogP contribution in [0.25, 0.3) is 0 Å². The topological polar surface area (TPSA) is 60.5 Å². The van der Waals surface area contributed by atoms with Gasteiger partial charge >= 0.3 is 5.97 Å². The second-order valence-electron chi connectivity index (χ2n) is 4.13. The number of aromatic nitrogens is 1. The molecule has 1 aromatic carbocycles. The second kappa shape index (κ2) is 6.38. The summed E-state index contributed by atoms with van der Waals surface area (Å²) >= 11 is 1.42. The van der Waals surface area contributed by atoms with Crippen molar-refractivity contribution in [3.05, 3.63) is 40.3 Å². The van der Waals surface area contributed by atoms with E-state index in [1.54, 1.807) is 7.11 Å². The number of carbonyl (C=O) groups is 1. The third-order valence-corrected chi connectivity index (χ3v) is 3.75. The maximum absolute atomic E-state index is 12.0. The fourth-order valence-corrected chi connectivity index (χ4v) is 2.60. The van der Waals surface area contributed by atoms with Crippen molar-refractivity contribution in [3.8, 4) is 5.75 Å². The quantitative estimate of drug-likeness (QED) is 0.859. The first-order chi connectivity index (χ1) is 9.65. The molecule has 1 atom stereocenters. The highest BCUT2D eigenvalue weighted by Crippen LogP contribution is 2.29. The summed E-state index contributed by atoms with van der Waals surface area (Å²) in [5.74, 6) is 0.278. The average molecular weight is 292 g/mol. The van der Waals surface area contributed by atoms with Crippen LogP contribution in [0.1, 0.15) is 16.7 Å². The molecule has 106 valence electrons. The van der Waals surface area contributed by atoms with Crippen LogP contribution in [0.3, 0.4) is 0 Å². The Morgan fingerprint density at radius 3 is 2.70 bits per heavy atom. The van der Waals surface area contributed by atoms with Gasteiger partial charge in [0.25, 0.3) is 0 Å². The Morgan fingerprint density at radius 1 is 1.35 bits per heavy atom. The number of nitrogens with zero attached hydrogens (tertiary/aromatic N) is 1. The average Bonchev–Trinajstić information content (AvgIpc) is 2.90. The minimum Gasteiger partial charge on any atom is -0.495 e. The maximum Gasteiger partial charge on any atom is 0.335 e. The van der Waals surface area contributed by atoms with Gasteiger partial charge in [0.1, 0.15) is 10.8 Å². The number of ether oxygens (including phenoxy) is 2. The summed E-state index contributed by atoms with van der Waals surface area (Å²) in [7, 11) is 2.95. The van der Waals surface area contributed by atoms with Gasteiger partial charge in [0.2, 0.25) is 0 Å². The second-order valence-corrected chi connectivity index (χ2v) is 5.02. The molecular weight excluding hydrogens is 276 g/mol. The van der Waals surface area contributed by atoms with Crippen molar-refractivity contribution in [2.24, 2.45) is 0 Å². The van der Waals surface area contributed by atoms with Crippen molar-refractivity contribution in [1.82, 2.24) is 4.98 Å². The van der Waals surface area contributed by atoms with E-state index in [9.17, 15) is 4.79 Å². The molecule has 6 heteroatoms. The van der Waals surface area contributed by atoms with Crippen LogP contribution in [-0.4, -0.2) is 25.2 Å². The summed E-state index contributed by atoms with van der Waals surface area (Å²) < 4.78 is 10.1. The van der Waals surface area contributed by atoms with Crippen molar-refractivity contribution in [2.75, 3.05) is 19.5 Å². The number of hydrogen-bond acceptors (Lipinski definition) is 6. The third-order valence-electron chi connectivity index (χ3n) is 2.73. The Balaban J connectivity index is 2.31. The Bertz CT molecular complexity index is 598. The Kier molecular flexibility index (Phi) is 4.57. The fourth-order valence-electron chi connectivity index (χ4n) is 1.76. The van der Waals surface area contributed by atoms with E-state index in [0.717, 1.165) is 11.4 Å². The summed E-state index contributed by atoms with van der Waals surface area (Å²) in [5, 5.41) is 5.69. The zero-order valence-electron chi connectivity index (χ0n) is 11.5. The van der Waals surface area contributed by atoms with Crippen LogP contribution >= 0.6 is 11.3 Å². The van der Waals surface area contributed by atoms with E-state index in [1.165, 1.54) is 18.4 Å². The number of carbonyl (C=O) groups excluding carboxylic acids is 1. The summed E-state index contributed by atoms with van der Waals surface area (Å²) in [5.41, 5.74) is 1.60. The van der Waals surface area contributed by atoms with Gasteiger partial charge in [-0.05, 0) is 19.1 Å². The van der Waals surface area contributed by atoms with Crippen molar-refractivity contribution in [1.29, 1.82) is 0 Å². The molecule has 0 bridgehead atoms. The zero-order chi connectivity index (χ0) is 14.5. The largest absolute Gasteiger partial charge is 0.495 e. The number of esters is 1. The highest BCUT2D eigenvalue weighted by molar-refractivity contribution is 7.09. The first kappa shape index (κ1) is 14.3. The van der Waals surface area contributed by atoms with Crippen LogP contribution in [-0.2, 0) is 9.53 Å². The Labute approximate surface area is 121 Å². The van der Waals surface area contributed by atoms with Crippen LogP contribution in [0.15, 0.2) is 29.6 Å². The molecule has 20 heavy (non-hydrogen) atoms. The molecule has 0 saturated heterocycles. The molecule has 0 radical (unpaired) electrons. The minimum absolute atomic E-state index is 0.384. The van der Waals surface area contributed by atoms with Crippen LogP contribution < -0.4 is 10.1 Å². The molecular formula is C14H16N2O3S. The van der Waals surface area contributed by atoms with Gasteiger partial charge in [0.15, 0.2) is 6.04 Å². The van der Waals surface area contributed by atoms with E-state index in [2.05, 4.69) is 10.3 Å². The van der Waals surface area contributed by atoms with Crippen molar-refractivity contribution in [3.63, 3.8) is 0 Å². The molecule has 1 unspecified atom stereocenters. The first-order valence-electron chi connectivity index (χ1n) is 6.05. The summed E-state index contributed by atoms with van der Waals surface area (Å²) in [6.45, 7) is 1.89. The van der Waals surface area contributed by atoms with Crippen LogP contribution in [0.4, 0.5) is 5.69 Å². The molecule has 5 nitrogen and oxygen atoms in total. The Hall–Kier alpha value is -2.08. The number of anilines is 1. The van der Waals surface area contributed by atoms with Gasteiger partial charge in [0.05, 0.1) is 19.9 Å². The lowest BCUT2D eigenvalue weighted by molar-refractivity contribution is -0.141. The van der Waals surface area contributed by atoms with E-state index >= 15 is 0 Å². The highest BCUT2D eigenvalue weighted by Gasteiger charge is 2.25. The van der Waals surface area contributed by atoms with Crippen LogP contribution in [0.2, 0.25) is 0 Å². The lowest BCUT2D eigenvalue weighted by Gasteiger charge is -2.17. The SMILES string of the molecule is COC(=O)C(Nc1ccccc1OC)c1nc(C)cs1. The van der Waals surface area contributed by atoms with Crippen molar-refractivity contribution in [2.45, 2.75) is 13.0 Å². The zero-order valence-corrected chi connectivity index (χ0v) is 12.4. The predicted octanol–water partition coefficient (Wildman–Crippen LogP) is 2.79. The number of thiazole rings is 1. The van der Waals surface area contributed by atoms with Gasteiger partial charge in [-0.3, -0.25) is 0 Å². The van der Waals surface area contributed by atoms with Crippen molar-refractivity contribution < 1.29 is 14.3 Å². The van der Waals surface area contributed by atoms with Gasteiger partial charge in [-0.1, -0.05) is 12.1 Å². The van der Waals surface area contributed by atoms with E-state index in [0.29, 0.717) is 10.8 Å². The number of para-hydroxylation sites is 2. The number of benzene rings is 1. The van der Waals surface area contributed by atoms with Crippen molar-refractivity contribution >= 4 is 23.0 Å². The number of aryl methyl sites for hydroxylation is 1. The number of hydrogen-bond donors (Lipinski definition) is 1. The molecule has 1 N–H and O–H groups in total. The van der Waals surface area contributed by atoms with Crippen LogP contribution in [0, 0.1) is 6.92 Å². The molecule has 1 heterocycles. The molecule has 0 saturated carbocycles. The van der Waals surface area contributed by atoms with Gasteiger partial charge in [-0.25, -0.2) is 9.78 Å². The summed E-state index contributed by atoms with van der Waals surface area (Å²) in [6, 6.07) is 6.76. The third kappa shape index (κ3) is 3.08. The minimum atomic E-state index is -0.644. The standard InChI is InChI=1S/C14H16N2O3S/c1-9-8-20-13(15-9)12(14(17)19-3)16-10-6-4-5-7-11(10)18-2/h4-8,12,16H,1-3H3. The van der Waals surface area contributed by atoms with Gasteiger partial charge < -0.3 is 14.8 Å². The molecule has 2 aromatic rings. The molecule has 0 spiro atoms. The molecule has 2 rings (SSSR count). The predicted molar refractivity (Wildman–Crippen MR) is 78.2 cm³/mol. The van der Waals surface area contributed by atoms with E-state index in [4.69, 9.17) is 9.47 Å². The van der Waals surface area contributed by atoms with Gasteiger partial charge in [-0.15, -0.1) is 11.3 Å². The lowest BCUT2D eigenvalue weighted by atomic mass is 10.2. The fraction of sp³-hybridized carbons (Fsp3) is 0.286. The molecule has 1 aromatic heterocycles. The molecule has 0 amide bonds. The first-order valence-corrected chi connectivity index (χ1v) is 6.93. The monoisotopic (exact) mass is 292 g/mol. The van der Waals surface area contributed by atoms with E-state index in [1.807, 2.05) is 36.6 Å².